The molecule has 0 saturated carbocycles. The monoisotopic (exact) mass is 306 g/mol. The molecule has 1 amide bonds. The lowest BCUT2D eigenvalue weighted by atomic mass is 9.96. The molecule has 1 heterocycles. The first-order chi connectivity index (χ1) is 9.04. The van der Waals surface area contributed by atoms with Crippen LogP contribution in [0.5, 0.6) is 0 Å². The van der Waals surface area contributed by atoms with E-state index < -0.39 is 0 Å². The third kappa shape index (κ3) is 6.57. The highest BCUT2D eigenvalue weighted by Gasteiger charge is 2.26. The Labute approximate surface area is 127 Å². The Kier molecular flexibility index (Phi) is 9.59. The van der Waals surface area contributed by atoms with Crippen molar-refractivity contribution in [2.24, 2.45) is 11.8 Å². The Morgan fingerprint density at radius 1 is 1.30 bits per heavy atom. The van der Waals surface area contributed by atoms with Crippen LogP contribution in [0.1, 0.15) is 33.1 Å². The van der Waals surface area contributed by atoms with Crippen molar-refractivity contribution in [2.75, 3.05) is 33.3 Å². The number of halogens is 1. The van der Waals surface area contributed by atoms with Gasteiger partial charge in [-0.15, -0.1) is 12.4 Å². The fraction of sp³-hybridized carbons (Fsp3) is 0.857. The summed E-state index contributed by atoms with van der Waals surface area (Å²) in [6, 6.07) is 0. The van der Waals surface area contributed by atoms with E-state index in [0.717, 1.165) is 25.9 Å². The zero-order valence-corrected chi connectivity index (χ0v) is 13.5. The van der Waals surface area contributed by atoms with Gasteiger partial charge in [-0.2, -0.15) is 0 Å². The Bertz CT molecular complexity index is 305. The summed E-state index contributed by atoms with van der Waals surface area (Å²) in [5.41, 5.74) is 0. The first-order valence-corrected chi connectivity index (χ1v) is 7.11. The molecular formula is C14H27ClN2O3. The van der Waals surface area contributed by atoms with Crippen molar-refractivity contribution in [2.45, 2.75) is 33.1 Å². The number of ether oxygens (including phenoxy) is 1. The Morgan fingerprint density at radius 2 is 1.90 bits per heavy atom. The fourth-order valence-electron chi connectivity index (χ4n) is 2.39. The van der Waals surface area contributed by atoms with Crippen LogP contribution in [0, 0.1) is 11.8 Å². The second-order valence-electron chi connectivity index (χ2n) is 5.53. The third-order valence-corrected chi connectivity index (χ3v) is 3.40. The molecule has 1 N–H and O–H groups in total. The lowest BCUT2D eigenvalue weighted by Crippen LogP contribution is -2.43. The van der Waals surface area contributed by atoms with E-state index in [4.69, 9.17) is 0 Å². The number of esters is 1. The number of carbonyl (C=O) groups excluding carboxylic acids is 2. The topological polar surface area (TPSA) is 58.6 Å². The molecule has 0 spiro atoms. The maximum Gasteiger partial charge on any atom is 0.307 e. The highest BCUT2D eigenvalue weighted by Crippen LogP contribution is 2.16. The summed E-state index contributed by atoms with van der Waals surface area (Å²) in [5, 5.41) is 3.26. The van der Waals surface area contributed by atoms with Gasteiger partial charge in [-0.3, -0.25) is 9.59 Å². The first kappa shape index (κ1) is 19.2. The molecule has 0 atom stereocenters. The van der Waals surface area contributed by atoms with Gasteiger partial charge in [0.15, 0.2) is 0 Å². The molecule has 1 aliphatic rings. The SMILES string of the molecule is COC(=O)CCN(CC(C)C)C(=O)C1CCNCC1.Cl. The van der Waals surface area contributed by atoms with Crippen LogP contribution in [-0.4, -0.2) is 50.1 Å². The fourth-order valence-corrected chi connectivity index (χ4v) is 2.39. The van der Waals surface area contributed by atoms with Crippen molar-refractivity contribution in [3.8, 4) is 0 Å². The van der Waals surface area contributed by atoms with Gasteiger partial charge in [0.05, 0.1) is 13.5 Å². The average molecular weight is 307 g/mol. The van der Waals surface area contributed by atoms with Crippen LogP contribution in [0.4, 0.5) is 0 Å². The van der Waals surface area contributed by atoms with Gasteiger partial charge in [-0.05, 0) is 31.8 Å². The number of nitrogens with one attached hydrogen (secondary N) is 1. The number of piperidine rings is 1. The zero-order valence-electron chi connectivity index (χ0n) is 12.7. The highest BCUT2D eigenvalue weighted by atomic mass is 35.5. The van der Waals surface area contributed by atoms with Crippen LogP contribution in [0.2, 0.25) is 0 Å². The van der Waals surface area contributed by atoms with Gasteiger partial charge in [0.2, 0.25) is 5.91 Å². The van der Waals surface area contributed by atoms with Crippen LogP contribution in [-0.2, 0) is 14.3 Å². The van der Waals surface area contributed by atoms with Crippen molar-refractivity contribution in [3.63, 3.8) is 0 Å². The molecule has 0 unspecified atom stereocenters. The molecule has 0 radical (unpaired) electrons. The van der Waals surface area contributed by atoms with Gasteiger partial charge in [0.1, 0.15) is 0 Å². The van der Waals surface area contributed by atoms with E-state index in [1.165, 1.54) is 7.11 Å². The molecule has 20 heavy (non-hydrogen) atoms. The Balaban J connectivity index is 0.00000361. The summed E-state index contributed by atoms with van der Waals surface area (Å²) >= 11 is 0. The van der Waals surface area contributed by atoms with Crippen molar-refractivity contribution in [1.29, 1.82) is 0 Å². The summed E-state index contributed by atoms with van der Waals surface area (Å²) in [7, 11) is 1.38. The van der Waals surface area contributed by atoms with E-state index >= 15 is 0 Å². The average Bonchev–Trinajstić information content (AvgIpc) is 2.42. The van der Waals surface area contributed by atoms with Crippen LogP contribution in [0.3, 0.4) is 0 Å². The van der Waals surface area contributed by atoms with E-state index in [1.807, 2.05) is 4.90 Å². The highest BCUT2D eigenvalue weighted by molar-refractivity contribution is 5.85. The molecule has 0 aromatic heterocycles. The number of hydrogen-bond acceptors (Lipinski definition) is 4. The molecule has 6 heteroatoms. The van der Waals surface area contributed by atoms with Crippen LogP contribution < -0.4 is 5.32 Å². The predicted molar refractivity (Wildman–Crippen MR) is 80.9 cm³/mol. The number of methoxy groups -OCH3 is 1. The lowest BCUT2D eigenvalue weighted by molar-refractivity contribution is -0.142. The molecule has 0 bridgehead atoms. The maximum absolute atomic E-state index is 12.5. The lowest BCUT2D eigenvalue weighted by Gasteiger charge is -2.30. The largest absolute Gasteiger partial charge is 0.469 e. The molecule has 118 valence electrons. The number of rotatable bonds is 6. The first-order valence-electron chi connectivity index (χ1n) is 7.11. The molecule has 0 aromatic carbocycles. The number of amides is 1. The van der Waals surface area contributed by atoms with Crippen LogP contribution >= 0.6 is 12.4 Å². The normalized spacial score (nSPS) is 15.6. The minimum atomic E-state index is -0.258. The zero-order chi connectivity index (χ0) is 14.3. The summed E-state index contributed by atoms with van der Waals surface area (Å²) in [5.74, 6) is 0.451. The molecule has 1 fully saturated rings. The predicted octanol–water partition coefficient (Wildman–Crippen LogP) is 1.46. The smallest absolute Gasteiger partial charge is 0.307 e. The van der Waals surface area contributed by atoms with Crippen molar-refractivity contribution in [1.82, 2.24) is 10.2 Å². The number of nitrogens with zero attached hydrogens (tertiary/aromatic N) is 1. The summed E-state index contributed by atoms with van der Waals surface area (Å²) < 4.78 is 4.64. The Hall–Kier alpha value is -0.810. The standard InChI is InChI=1S/C14H26N2O3.ClH/c1-11(2)10-16(9-6-13(17)19-3)14(18)12-4-7-15-8-5-12;/h11-12,15H,4-10H2,1-3H3;1H. The van der Waals surface area contributed by atoms with Gasteiger partial charge in [-0.25, -0.2) is 0 Å². The van der Waals surface area contributed by atoms with Crippen LogP contribution in [0.25, 0.3) is 0 Å². The Morgan fingerprint density at radius 3 is 2.40 bits per heavy atom. The van der Waals surface area contributed by atoms with E-state index in [0.29, 0.717) is 19.0 Å². The minimum absolute atomic E-state index is 0. The maximum atomic E-state index is 12.5. The van der Waals surface area contributed by atoms with Crippen molar-refractivity contribution >= 4 is 24.3 Å². The quantitative estimate of drug-likeness (QED) is 0.755. The van der Waals surface area contributed by atoms with Crippen LogP contribution in [0.15, 0.2) is 0 Å². The second kappa shape index (κ2) is 10.00. The summed E-state index contributed by atoms with van der Waals surface area (Å²) in [6.07, 6.45) is 2.07. The van der Waals surface area contributed by atoms with Gasteiger partial charge >= 0.3 is 5.97 Å². The van der Waals surface area contributed by atoms with Gasteiger partial charge < -0.3 is 15.0 Å². The molecule has 1 saturated heterocycles. The van der Waals surface area contributed by atoms with Gasteiger partial charge in [-0.1, -0.05) is 13.8 Å². The number of hydrogen-bond donors (Lipinski definition) is 1. The van der Waals surface area contributed by atoms with Crippen molar-refractivity contribution < 1.29 is 14.3 Å². The van der Waals surface area contributed by atoms with E-state index in [-0.39, 0.29) is 36.6 Å². The summed E-state index contributed by atoms with van der Waals surface area (Å²) in [6.45, 7) is 7.15. The van der Waals surface area contributed by atoms with E-state index in [1.54, 1.807) is 0 Å². The van der Waals surface area contributed by atoms with E-state index in [2.05, 4.69) is 23.9 Å². The van der Waals surface area contributed by atoms with E-state index in [9.17, 15) is 9.59 Å². The van der Waals surface area contributed by atoms with Crippen molar-refractivity contribution in [3.05, 3.63) is 0 Å². The van der Waals surface area contributed by atoms with Gasteiger partial charge in [0.25, 0.3) is 0 Å². The molecular weight excluding hydrogens is 280 g/mol. The minimum Gasteiger partial charge on any atom is -0.469 e. The molecule has 1 aliphatic heterocycles. The molecule has 0 aromatic rings. The van der Waals surface area contributed by atoms with Gasteiger partial charge in [0, 0.05) is 19.0 Å². The second-order valence-corrected chi connectivity index (χ2v) is 5.53. The molecule has 5 nitrogen and oxygen atoms in total. The summed E-state index contributed by atoms with van der Waals surface area (Å²) in [4.78, 5) is 25.5. The molecule has 0 aliphatic carbocycles. The molecule has 1 rings (SSSR count). The number of carbonyl (C=O) groups is 2. The third-order valence-electron chi connectivity index (χ3n) is 3.40.